The minimum Gasteiger partial charge on any atom is -0.359 e. The van der Waals surface area contributed by atoms with Crippen LogP contribution in [-0.2, 0) is 16.1 Å². The smallest absolute Gasteiger partial charge is 0.233 e. The Bertz CT molecular complexity index is 842. The third-order valence-corrected chi connectivity index (χ3v) is 6.91. The summed E-state index contributed by atoms with van der Waals surface area (Å²) in [5.74, 6) is 1.96. The topological polar surface area (TPSA) is 99.8 Å². The van der Waals surface area contributed by atoms with Gasteiger partial charge in [0.15, 0.2) is 11.7 Å². The predicted molar refractivity (Wildman–Crippen MR) is 117 cm³/mol. The molecule has 1 aromatic rings. The fraction of sp³-hybridized carbons (Fsp3) is 0.652. The van der Waals surface area contributed by atoms with Crippen LogP contribution >= 0.6 is 0 Å². The molecule has 1 saturated heterocycles. The maximum Gasteiger partial charge on any atom is 0.233 e. The van der Waals surface area contributed by atoms with Gasteiger partial charge >= 0.3 is 0 Å². The zero-order valence-electron chi connectivity index (χ0n) is 18.6. The second-order valence-corrected chi connectivity index (χ2v) is 8.68. The molecular weight excluding hydrogens is 394 g/mol. The van der Waals surface area contributed by atoms with Gasteiger partial charge in [-0.1, -0.05) is 31.2 Å². The molecule has 4 atom stereocenters. The van der Waals surface area contributed by atoms with Crippen molar-refractivity contribution >= 4 is 17.8 Å². The SMILES string of the molecule is CCNC(=NCc1cc(C(CC)CC)no1)NCCN1C(=O)C2C3C=CC(C3)C2C1=O. The van der Waals surface area contributed by atoms with E-state index in [1.54, 1.807) is 0 Å². The molecule has 0 aromatic carbocycles. The van der Waals surface area contributed by atoms with Crippen LogP contribution in [0.1, 0.15) is 57.4 Å². The van der Waals surface area contributed by atoms with E-state index in [0.29, 0.717) is 38.1 Å². The first-order valence-electron chi connectivity index (χ1n) is 11.6. The standard InChI is InChI=1S/C23H33N5O3/c1-4-14(5-2)18-12-17(31-27-18)13-26-23(24-6-3)25-9-10-28-21(29)19-15-7-8-16(11-15)20(19)22(28)30/h7-8,12,14-16,19-20H,4-6,9-11,13H2,1-3H3,(H2,24,25,26). The molecule has 2 aliphatic carbocycles. The van der Waals surface area contributed by atoms with Gasteiger partial charge in [-0.2, -0.15) is 0 Å². The Morgan fingerprint density at radius 1 is 1.16 bits per heavy atom. The van der Waals surface area contributed by atoms with Gasteiger partial charge in [0.2, 0.25) is 11.8 Å². The molecule has 0 radical (unpaired) electrons. The maximum absolute atomic E-state index is 12.8. The van der Waals surface area contributed by atoms with Crippen molar-refractivity contribution in [2.75, 3.05) is 19.6 Å². The number of aromatic nitrogens is 1. The number of guanidine groups is 1. The molecule has 1 aromatic heterocycles. The molecule has 8 nitrogen and oxygen atoms in total. The van der Waals surface area contributed by atoms with E-state index in [1.807, 2.05) is 13.0 Å². The molecule has 4 rings (SSSR count). The second kappa shape index (κ2) is 9.24. The number of imide groups is 1. The lowest BCUT2D eigenvalue weighted by molar-refractivity contribution is -0.140. The van der Waals surface area contributed by atoms with Crippen LogP contribution in [-0.4, -0.2) is 47.5 Å². The molecule has 1 aliphatic heterocycles. The van der Waals surface area contributed by atoms with Crippen molar-refractivity contribution in [3.05, 3.63) is 29.7 Å². The van der Waals surface area contributed by atoms with Crippen molar-refractivity contribution in [2.24, 2.45) is 28.7 Å². The van der Waals surface area contributed by atoms with Gasteiger partial charge in [0.25, 0.3) is 0 Å². The summed E-state index contributed by atoms with van der Waals surface area (Å²) in [5.41, 5.74) is 0.980. The third kappa shape index (κ3) is 4.12. The fourth-order valence-electron chi connectivity index (χ4n) is 5.27. The lowest BCUT2D eigenvalue weighted by Crippen LogP contribution is -2.43. The highest BCUT2D eigenvalue weighted by Gasteiger charge is 2.58. The number of amides is 2. The summed E-state index contributed by atoms with van der Waals surface area (Å²) in [6, 6.07) is 1.98. The Hall–Kier alpha value is -2.64. The molecule has 31 heavy (non-hydrogen) atoms. The van der Waals surface area contributed by atoms with Crippen LogP contribution in [0.5, 0.6) is 0 Å². The minimum absolute atomic E-state index is 0.00817. The largest absolute Gasteiger partial charge is 0.359 e. The van der Waals surface area contributed by atoms with Crippen molar-refractivity contribution in [3.63, 3.8) is 0 Å². The molecule has 4 unspecified atom stereocenters. The summed E-state index contributed by atoms with van der Waals surface area (Å²) in [6.07, 6.45) is 7.25. The molecule has 2 heterocycles. The summed E-state index contributed by atoms with van der Waals surface area (Å²) in [6.45, 7) is 8.20. The van der Waals surface area contributed by atoms with E-state index >= 15 is 0 Å². The molecular formula is C23H33N5O3. The predicted octanol–water partition coefficient (Wildman–Crippen LogP) is 2.44. The highest BCUT2D eigenvalue weighted by molar-refractivity contribution is 6.06. The fourth-order valence-corrected chi connectivity index (χ4v) is 5.27. The number of allylic oxidation sites excluding steroid dienone is 2. The average Bonchev–Trinajstić information content (AvgIpc) is 3.54. The highest BCUT2D eigenvalue weighted by Crippen LogP contribution is 2.52. The summed E-state index contributed by atoms with van der Waals surface area (Å²) >= 11 is 0. The summed E-state index contributed by atoms with van der Waals surface area (Å²) < 4.78 is 5.44. The highest BCUT2D eigenvalue weighted by atomic mass is 16.5. The number of carbonyl (C=O) groups is 2. The third-order valence-electron chi connectivity index (χ3n) is 6.91. The van der Waals surface area contributed by atoms with Gasteiger partial charge in [-0.3, -0.25) is 14.5 Å². The molecule has 2 N–H and O–H groups in total. The van der Waals surface area contributed by atoms with Gasteiger partial charge in [-0.05, 0) is 38.0 Å². The van der Waals surface area contributed by atoms with E-state index in [4.69, 9.17) is 4.52 Å². The van der Waals surface area contributed by atoms with E-state index in [2.05, 4.69) is 46.8 Å². The molecule has 8 heteroatoms. The van der Waals surface area contributed by atoms with Crippen LogP contribution in [0, 0.1) is 23.7 Å². The lowest BCUT2D eigenvalue weighted by atomic mass is 9.85. The maximum atomic E-state index is 12.8. The van der Waals surface area contributed by atoms with E-state index in [0.717, 1.165) is 30.7 Å². The Morgan fingerprint density at radius 2 is 1.84 bits per heavy atom. The Labute approximate surface area is 183 Å². The van der Waals surface area contributed by atoms with Crippen LogP contribution in [0.2, 0.25) is 0 Å². The molecule has 0 spiro atoms. The van der Waals surface area contributed by atoms with Gasteiger partial charge in [0.05, 0.1) is 17.5 Å². The number of hydrogen-bond acceptors (Lipinski definition) is 5. The minimum atomic E-state index is -0.139. The number of rotatable bonds is 9. The average molecular weight is 428 g/mol. The van der Waals surface area contributed by atoms with Crippen molar-refractivity contribution in [1.29, 1.82) is 0 Å². The molecule has 1 saturated carbocycles. The number of nitrogens with one attached hydrogen (secondary N) is 2. The van der Waals surface area contributed by atoms with Crippen LogP contribution in [0.3, 0.4) is 0 Å². The molecule has 168 valence electrons. The monoisotopic (exact) mass is 427 g/mol. The van der Waals surface area contributed by atoms with Gasteiger partial charge < -0.3 is 15.2 Å². The number of fused-ring (bicyclic) bond motifs is 5. The zero-order valence-corrected chi connectivity index (χ0v) is 18.6. The van der Waals surface area contributed by atoms with Crippen molar-refractivity contribution in [3.8, 4) is 0 Å². The van der Waals surface area contributed by atoms with E-state index in [9.17, 15) is 9.59 Å². The van der Waals surface area contributed by atoms with E-state index in [1.165, 1.54) is 4.90 Å². The number of nitrogens with zero attached hydrogens (tertiary/aromatic N) is 3. The van der Waals surface area contributed by atoms with Crippen molar-refractivity contribution in [2.45, 2.75) is 52.5 Å². The van der Waals surface area contributed by atoms with Gasteiger partial charge in [-0.25, -0.2) is 4.99 Å². The lowest BCUT2D eigenvalue weighted by Gasteiger charge is -2.18. The van der Waals surface area contributed by atoms with Gasteiger partial charge in [-0.15, -0.1) is 0 Å². The molecule has 3 aliphatic rings. The second-order valence-electron chi connectivity index (χ2n) is 8.68. The van der Waals surface area contributed by atoms with E-state index in [-0.39, 0.29) is 35.5 Å². The van der Waals surface area contributed by atoms with Gasteiger partial charge in [0.1, 0.15) is 6.54 Å². The number of likely N-dealkylation sites (tertiary alicyclic amines) is 1. The molecule has 2 amide bonds. The van der Waals surface area contributed by atoms with Crippen molar-refractivity contribution < 1.29 is 14.1 Å². The number of aliphatic imine (C=N–C) groups is 1. The Morgan fingerprint density at radius 3 is 2.45 bits per heavy atom. The summed E-state index contributed by atoms with van der Waals surface area (Å²) in [5, 5.41) is 10.6. The summed E-state index contributed by atoms with van der Waals surface area (Å²) in [4.78, 5) is 31.6. The Balaban J connectivity index is 1.31. The van der Waals surface area contributed by atoms with E-state index < -0.39 is 0 Å². The first-order valence-corrected chi connectivity index (χ1v) is 11.6. The summed E-state index contributed by atoms with van der Waals surface area (Å²) in [7, 11) is 0. The molecule has 2 fully saturated rings. The number of carbonyl (C=O) groups excluding carboxylic acids is 2. The quantitative estimate of drug-likeness (QED) is 0.272. The Kier molecular flexibility index (Phi) is 6.43. The van der Waals surface area contributed by atoms with Crippen molar-refractivity contribution in [1.82, 2.24) is 20.7 Å². The van der Waals surface area contributed by atoms with Crippen LogP contribution in [0.25, 0.3) is 0 Å². The zero-order chi connectivity index (χ0) is 22.0. The van der Waals surface area contributed by atoms with Gasteiger partial charge in [0, 0.05) is 31.6 Å². The molecule has 2 bridgehead atoms. The first-order chi connectivity index (χ1) is 15.1. The number of hydrogen-bond donors (Lipinski definition) is 2. The van der Waals surface area contributed by atoms with Crippen LogP contribution in [0.4, 0.5) is 0 Å². The normalized spacial score (nSPS) is 27.0. The van der Waals surface area contributed by atoms with Crippen LogP contribution < -0.4 is 10.6 Å². The first kappa shape index (κ1) is 21.6. The van der Waals surface area contributed by atoms with Crippen LogP contribution in [0.15, 0.2) is 27.7 Å².